The lowest BCUT2D eigenvalue weighted by molar-refractivity contribution is 0.0938. The summed E-state index contributed by atoms with van der Waals surface area (Å²) in [5.41, 5.74) is 0.456. The third kappa shape index (κ3) is 5.57. The lowest BCUT2D eigenvalue weighted by atomic mass is 10.1. The highest BCUT2D eigenvalue weighted by atomic mass is 79.9. The minimum absolute atomic E-state index is 0.0857. The zero-order chi connectivity index (χ0) is 20.9. The van der Waals surface area contributed by atoms with Gasteiger partial charge in [-0.05, 0) is 58.7 Å². The van der Waals surface area contributed by atoms with E-state index in [0.717, 1.165) is 12.1 Å². The molecule has 0 spiro atoms. The van der Waals surface area contributed by atoms with Gasteiger partial charge in [-0.3, -0.25) is 4.79 Å². The first kappa shape index (κ1) is 22.4. The molecule has 0 aliphatic rings. The molecule has 2 rings (SSSR count). The van der Waals surface area contributed by atoms with E-state index >= 15 is 0 Å². The minimum atomic E-state index is -3.82. The molecule has 0 aliphatic carbocycles. The molecule has 0 aliphatic heterocycles. The summed E-state index contributed by atoms with van der Waals surface area (Å²) in [6, 6.07) is 6.73. The summed E-state index contributed by atoms with van der Waals surface area (Å²) in [6.45, 7) is 1.89. The van der Waals surface area contributed by atoms with E-state index in [9.17, 15) is 22.0 Å². The Morgan fingerprint density at radius 3 is 2.54 bits per heavy atom. The Morgan fingerprint density at radius 2 is 1.89 bits per heavy atom. The summed E-state index contributed by atoms with van der Waals surface area (Å²) in [5, 5.41) is 2.64. The number of hydrogen-bond acceptors (Lipinski definition) is 4. The van der Waals surface area contributed by atoms with Gasteiger partial charge in [-0.15, -0.1) is 0 Å². The van der Waals surface area contributed by atoms with Crippen molar-refractivity contribution < 1.29 is 26.7 Å². The summed E-state index contributed by atoms with van der Waals surface area (Å²) in [5.74, 6) is -2.57. The second-order valence-electron chi connectivity index (χ2n) is 5.90. The van der Waals surface area contributed by atoms with Gasteiger partial charge in [0.05, 0.1) is 23.1 Å². The molecule has 10 heteroatoms. The summed E-state index contributed by atoms with van der Waals surface area (Å²) in [6.07, 6.45) is 0. The van der Waals surface area contributed by atoms with Crippen molar-refractivity contribution in [1.82, 2.24) is 10.0 Å². The number of sulfonamides is 1. The third-order valence-corrected chi connectivity index (χ3v) is 6.03. The highest BCUT2D eigenvalue weighted by Crippen LogP contribution is 2.23. The van der Waals surface area contributed by atoms with E-state index in [4.69, 9.17) is 4.74 Å². The highest BCUT2D eigenvalue weighted by Gasteiger charge is 2.20. The molecule has 0 radical (unpaired) electrons. The number of methoxy groups -OCH3 is 1. The molecule has 2 aromatic rings. The number of ether oxygens (including phenoxy) is 1. The molecule has 2 N–H and O–H groups in total. The van der Waals surface area contributed by atoms with Gasteiger partial charge in [-0.25, -0.2) is 21.9 Å². The van der Waals surface area contributed by atoms with Crippen LogP contribution in [0.3, 0.4) is 0 Å². The van der Waals surface area contributed by atoms with Crippen LogP contribution in [0.2, 0.25) is 0 Å². The molecule has 6 nitrogen and oxygen atoms in total. The Kier molecular flexibility index (Phi) is 7.64. The SMILES string of the molecule is COCCNS(=O)(=O)c1ccc(Br)c(C(=O)NC(C)c2ccc(F)c(F)c2)c1. The van der Waals surface area contributed by atoms with Crippen molar-refractivity contribution in [3.05, 3.63) is 63.6 Å². The lowest BCUT2D eigenvalue weighted by Gasteiger charge is -2.16. The summed E-state index contributed by atoms with van der Waals surface area (Å²) in [7, 11) is -2.37. The van der Waals surface area contributed by atoms with Crippen molar-refractivity contribution in [1.29, 1.82) is 0 Å². The largest absolute Gasteiger partial charge is 0.383 e. The zero-order valence-electron chi connectivity index (χ0n) is 15.1. The van der Waals surface area contributed by atoms with E-state index in [1.807, 2.05) is 0 Å². The predicted molar refractivity (Wildman–Crippen MR) is 103 cm³/mol. The molecular weight excluding hydrogens is 458 g/mol. The molecular formula is C18H19BrF2N2O4S. The van der Waals surface area contributed by atoms with Crippen molar-refractivity contribution in [3.8, 4) is 0 Å². The van der Waals surface area contributed by atoms with Crippen LogP contribution in [0.15, 0.2) is 45.8 Å². The van der Waals surface area contributed by atoms with Crippen LogP contribution in [0.4, 0.5) is 8.78 Å². The molecule has 0 bridgehead atoms. The normalized spacial score (nSPS) is 12.6. The van der Waals surface area contributed by atoms with Crippen molar-refractivity contribution in [2.75, 3.05) is 20.3 Å². The van der Waals surface area contributed by atoms with E-state index < -0.39 is 33.6 Å². The van der Waals surface area contributed by atoms with Crippen LogP contribution in [0.25, 0.3) is 0 Å². The molecule has 28 heavy (non-hydrogen) atoms. The molecule has 152 valence electrons. The minimum Gasteiger partial charge on any atom is -0.383 e. The van der Waals surface area contributed by atoms with E-state index in [1.54, 1.807) is 6.92 Å². The first-order valence-electron chi connectivity index (χ1n) is 8.19. The van der Waals surface area contributed by atoms with Crippen molar-refractivity contribution in [2.45, 2.75) is 17.9 Å². The molecule has 1 amide bonds. The first-order valence-corrected chi connectivity index (χ1v) is 10.5. The van der Waals surface area contributed by atoms with Crippen LogP contribution in [0, 0.1) is 11.6 Å². The Morgan fingerprint density at radius 1 is 1.18 bits per heavy atom. The predicted octanol–water partition coefficient (Wildman–Crippen LogP) is 3.14. The number of amides is 1. The fraction of sp³-hybridized carbons (Fsp3) is 0.278. The number of halogens is 3. The fourth-order valence-electron chi connectivity index (χ4n) is 2.35. The van der Waals surface area contributed by atoms with E-state index in [-0.39, 0.29) is 23.6 Å². The van der Waals surface area contributed by atoms with E-state index in [0.29, 0.717) is 10.0 Å². The van der Waals surface area contributed by atoms with Gasteiger partial charge < -0.3 is 10.1 Å². The van der Waals surface area contributed by atoms with Crippen LogP contribution in [-0.4, -0.2) is 34.6 Å². The summed E-state index contributed by atoms with van der Waals surface area (Å²) < 4.78 is 58.7. The number of carbonyl (C=O) groups excluding carboxylic acids is 1. The van der Waals surface area contributed by atoms with Gasteiger partial charge in [0.2, 0.25) is 10.0 Å². The highest BCUT2D eigenvalue weighted by molar-refractivity contribution is 9.10. The molecule has 0 fully saturated rings. The van der Waals surface area contributed by atoms with Crippen LogP contribution in [0.1, 0.15) is 28.9 Å². The average Bonchev–Trinajstić information content (AvgIpc) is 2.64. The van der Waals surface area contributed by atoms with Gasteiger partial charge in [0.15, 0.2) is 11.6 Å². The van der Waals surface area contributed by atoms with Crippen LogP contribution >= 0.6 is 15.9 Å². The monoisotopic (exact) mass is 476 g/mol. The number of benzene rings is 2. The number of nitrogens with one attached hydrogen (secondary N) is 2. The van der Waals surface area contributed by atoms with Gasteiger partial charge >= 0.3 is 0 Å². The summed E-state index contributed by atoms with van der Waals surface area (Å²) >= 11 is 3.22. The summed E-state index contributed by atoms with van der Waals surface area (Å²) in [4.78, 5) is 12.5. The van der Waals surface area contributed by atoms with Crippen LogP contribution in [0.5, 0.6) is 0 Å². The van der Waals surface area contributed by atoms with Gasteiger partial charge in [0.25, 0.3) is 5.91 Å². The molecule has 2 aromatic carbocycles. The maximum absolute atomic E-state index is 13.4. The Labute approximate surface area is 170 Å². The average molecular weight is 477 g/mol. The topological polar surface area (TPSA) is 84.5 Å². The molecule has 0 saturated carbocycles. The second-order valence-corrected chi connectivity index (χ2v) is 8.52. The number of hydrogen-bond donors (Lipinski definition) is 2. The zero-order valence-corrected chi connectivity index (χ0v) is 17.5. The molecule has 0 heterocycles. The van der Waals surface area contributed by atoms with Gasteiger partial charge in [-0.2, -0.15) is 0 Å². The number of rotatable bonds is 8. The van der Waals surface area contributed by atoms with Gasteiger partial charge in [0.1, 0.15) is 0 Å². The van der Waals surface area contributed by atoms with Crippen molar-refractivity contribution in [3.63, 3.8) is 0 Å². The Balaban J connectivity index is 2.21. The quantitative estimate of drug-likeness (QED) is 0.573. The first-order chi connectivity index (χ1) is 13.2. The maximum Gasteiger partial charge on any atom is 0.252 e. The second kappa shape index (κ2) is 9.55. The number of carbonyl (C=O) groups is 1. The maximum atomic E-state index is 13.4. The van der Waals surface area contributed by atoms with E-state index in [1.165, 1.54) is 31.4 Å². The fourth-order valence-corrected chi connectivity index (χ4v) is 3.81. The van der Waals surface area contributed by atoms with Crippen molar-refractivity contribution >= 4 is 31.9 Å². The Hall–Kier alpha value is -1.88. The van der Waals surface area contributed by atoms with Crippen LogP contribution in [-0.2, 0) is 14.8 Å². The smallest absolute Gasteiger partial charge is 0.252 e. The van der Waals surface area contributed by atoms with Gasteiger partial charge in [-0.1, -0.05) is 6.07 Å². The molecule has 1 atom stereocenters. The molecule has 0 aromatic heterocycles. The molecule has 1 unspecified atom stereocenters. The molecule has 0 saturated heterocycles. The lowest BCUT2D eigenvalue weighted by Crippen LogP contribution is -2.29. The Bertz CT molecular complexity index is 970. The third-order valence-electron chi connectivity index (χ3n) is 3.88. The van der Waals surface area contributed by atoms with Crippen molar-refractivity contribution in [2.24, 2.45) is 0 Å². The van der Waals surface area contributed by atoms with E-state index in [2.05, 4.69) is 26.0 Å². The van der Waals surface area contributed by atoms with Crippen LogP contribution < -0.4 is 10.0 Å². The van der Waals surface area contributed by atoms with Gasteiger partial charge in [0, 0.05) is 18.1 Å². The standard InChI is InChI=1S/C18H19BrF2N2O4S/c1-11(12-3-6-16(20)17(21)9-12)23-18(24)14-10-13(4-5-15(14)19)28(25,26)22-7-8-27-2/h3-6,9-11,22H,7-8H2,1-2H3,(H,23,24).